The first-order valence-corrected chi connectivity index (χ1v) is 7.16. The van der Waals surface area contributed by atoms with Crippen LogP contribution in [0.1, 0.15) is 18.4 Å². The third kappa shape index (κ3) is 7.51. The van der Waals surface area contributed by atoms with Gasteiger partial charge in [-0.2, -0.15) is 0 Å². The second-order valence-corrected chi connectivity index (χ2v) is 4.91. The third-order valence-corrected chi connectivity index (χ3v) is 3.40. The molecule has 0 aliphatic carbocycles. The highest BCUT2D eigenvalue weighted by Crippen LogP contribution is 2.15. The lowest BCUT2D eigenvalue weighted by atomic mass is 9.98. The Morgan fingerprint density at radius 1 is 1.16 bits per heavy atom. The molecule has 108 valence electrons. The minimum Gasteiger partial charge on any atom is -0.385 e. The van der Waals surface area contributed by atoms with Crippen LogP contribution in [0.2, 0.25) is 0 Å². The van der Waals surface area contributed by atoms with Crippen molar-refractivity contribution in [3.63, 3.8) is 0 Å². The smallest absolute Gasteiger partial charge is 0.123 e. The van der Waals surface area contributed by atoms with Gasteiger partial charge in [-0.3, -0.25) is 0 Å². The molecule has 0 N–H and O–H groups in total. The van der Waals surface area contributed by atoms with Gasteiger partial charge in [-0.05, 0) is 42.9 Å². The van der Waals surface area contributed by atoms with Crippen LogP contribution < -0.4 is 0 Å². The van der Waals surface area contributed by atoms with Crippen LogP contribution in [-0.2, 0) is 15.9 Å². The second-order valence-electron chi connectivity index (χ2n) is 4.60. The molecule has 1 unspecified atom stereocenters. The van der Waals surface area contributed by atoms with E-state index >= 15 is 0 Å². The summed E-state index contributed by atoms with van der Waals surface area (Å²) in [5, 5.41) is 0. The second kappa shape index (κ2) is 10.2. The van der Waals surface area contributed by atoms with E-state index in [1.54, 1.807) is 7.11 Å². The molecule has 0 spiro atoms. The first-order valence-electron chi connectivity index (χ1n) is 6.63. The van der Waals surface area contributed by atoms with Gasteiger partial charge in [0, 0.05) is 32.8 Å². The van der Waals surface area contributed by atoms with Gasteiger partial charge in [-0.1, -0.05) is 12.1 Å². The number of ether oxygens (including phenoxy) is 2. The van der Waals surface area contributed by atoms with Crippen molar-refractivity contribution < 1.29 is 13.9 Å². The summed E-state index contributed by atoms with van der Waals surface area (Å²) in [7, 11) is 1.69. The standard InChI is InChI=1S/C15H22ClFO2/c1-18-8-2-9-19-10-7-14(12-16)11-13-3-5-15(17)6-4-13/h3-6,14H,2,7-12H2,1H3. The van der Waals surface area contributed by atoms with Gasteiger partial charge in [-0.25, -0.2) is 4.39 Å². The van der Waals surface area contributed by atoms with Gasteiger partial charge in [0.25, 0.3) is 0 Å². The van der Waals surface area contributed by atoms with E-state index in [4.69, 9.17) is 21.1 Å². The van der Waals surface area contributed by atoms with Gasteiger partial charge >= 0.3 is 0 Å². The van der Waals surface area contributed by atoms with E-state index in [-0.39, 0.29) is 5.82 Å². The predicted molar refractivity (Wildman–Crippen MR) is 76.2 cm³/mol. The average molecular weight is 289 g/mol. The Kier molecular flexibility index (Phi) is 8.80. The molecule has 4 heteroatoms. The molecule has 0 heterocycles. The lowest BCUT2D eigenvalue weighted by Crippen LogP contribution is -2.11. The fourth-order valence-corrected chi connectivity index (χ4v) is 2.11. The zero-order valence-electron chi connectivity index (χ0n) is 11.4. The van der Waals surface area contributed by atoms with E-state index in [9.17, 15) is 4.39 Å². The first kappa shape index (κ1) is 16.4. The molecule has 0 saturated carbocycles. The van der Waals surface area contributed by atoms with E-state index in [0.29, 0.717) is 18.4 Å². The molecule has 0 bridgehead atoms. The highest BCUT2D eigenvalue weighted by molar-refractivity contribution is 6.18. The van der Waals surface area contributed by atoms with Crippen molar-refractivity contribution in [3.05, 3.63) is 35.6 Å². The maximum Gasteiger partial charge on any atom is 0.123 e. The van der Waals surface area contributed by atoms with Crippen LogP contribution in [-0.4, -0.2) is 32.8 Å². The third-order valence-electron chi connectivity index (χ3n) is 2.96. The molecule has 0 saturated heterocycles. The molecular weight excluding hydrogens is 267 g/mol. The Balaban J connectivity index is 2.20. The molecule has 19 heavy (non-hydrogen) atoms. The Bertz CT molecular complexity index is 329. The minimum atomic E-state index is -0.201. The van der Waals surface area contributed by atoms with Crippen molar-refractivity contribution in [1.29, 1.82) is 0 Å². The van der Waals surface area contributed by atoms with Gasteiger partial charge in [-0.15, -0.1) is 11.6 Å². The molecule has 1 aromatic carbocycles. The quantitative estimate of drug-likeness (QED) is 0.483. The van der Waals surface area contributed by atoms with E-state index < -0.39 is 0 Å². The number of hydrogen-bond donors (Lipinski definition) is 0. The van der Waals surface area contributed by atoms with Crippen LogP contribution in [0, 0.1) is 11.7 Å². The Labute approximate surface area is 119 Å². The zero-order valence-corrected chi connectivity index (χ0v) is 12.2. The zero-order chi connectivity index (χ0) is 13.9. The summed E-state index contributed by atoms with van der Waals surface area (Å²) in [6, 6.07) is 6.60. The summed E-state index contributed by atoms with van der Waals surface area (Å²) in [5.41, 5.74) is 1.12. The van der Waals surface area contributed by atoms with E-state index in [1.165, 1.54) is 12.1 Å². The van der Waals surface area contributed by atoms with Crippen LogP contribution in [0.3, 0.4) is 0 Å². The fourth-order valence-electron chi connectivity index (χ4n) is 1.84. The van der Waals surface area contributed by atoms with Gasteiger partial charge in [0.1, 0.15) is 5.82 Å². The fraction of sp³-hybridized carbons (Fsp3) is 0.600. The number of benzene rings is 1. The van der Waals surface area contributed by atoms with Crippen molar-refractivity contribution in [2.45, 2.75) is 19.3 Å². The number of halogens is 2. The van der Waals surface area contributed by atoms with E-state index in [2.05, 4.69) is 0 Å². The lowest BCUT2D eigenvalue weighted by molar-refractivity contribution is 0.0951. The molecule has 0 aliphatic rings. The molecule has 0 radical (unpaired) electrons. The molecule has 1 rings (SSSR count). The Hall–Kier alpha value is -0.640. The van der Waals surface area contributed by atoms with Crippen molar-refractivity contribution in [2.24, 2.45) is 5.92 Å². The molecule has 0 amide bonds. The van der Waals surface area contributed by atoms with Gasteiger partial charge in [0.05, 0.1) is 0 Å². The molecule has 0 aliphatic heterocycles. The van der Waals surface area contributed by atoms with Crippen LogP contribution in [0.15, 0.2) is 24.3 Å². The van der Waals surface area contributed by atoms with Crippen molar-refractivity contribution >= 4 is 11.6 Å². The SMILES string of the molecule is COCCCOCCC(CCl)Cc1ccc(F)cc1. The largest absolute Gasteiger partial charge is 0.385 e. The summed E-state index contributed by atoms with van der Waals surface area (Å²) >= 11 is 5.96. The number of rotatable bonds is 10. The van der Waals surface area contributed by atoms with Gasteiger partial charge in [0.15, 0.2) is 0 Å². The summed E-state index contributed by atoms with van der Waals surface area (Å²) < 4.78 is 23.3. The van der Waals surface area contributed by atoms with E-state index in [0.717, 1.165) is 38.0 Å². The topological polar surface area (TPSA) is 18.5 Å². The summed E-state index contributed by atoms with van der Waals surface area (Å²) in [6.07, 6.45) is 2.71. The van der Waals surface area contributed by atoms with Crippen molar-refractivity contribution in [3.8, 4) is 0 Å². The molecule has 2 nitrogen and oxygen atoms in total. The lowest BCUT2D eigenvalue weighted by Gasteiger charge is -2.14. The highest BCUT2D eigenvalue weighted by Gasteiger charge is 2.08. The van der Waals surface area contributed by atoms with Crippen LogP contribution in [0.5, 0.6) is 0 Å². The van der Waals surface area contributed by atoms with E-state index in [1.807, 2.05) is 12.1 Å². The molecule has 0 aromatic heterocycles. The monoisotopic (exact) mass is 288 g/mol. The summed E-state index contributed by atoms with van der Waals surface area (Å²) in [4.78, 5) is 0. The van der Waals surface area contributed by atoms with Gasteiger partial charge < -0.3 is 9.47 Å². The number of methoxy groups -OCH3 is 1. The Morgan fingerprint density at radius 2 is 1.89 bits per heavy atom. The molecule has 1 aromatic rings. The molecule has 1 atom stereocenters. The maximum atomic E-state index is 12.8. The van der Waals surface area contributed by atoms with Crippen molar-refractivity contribution in [1.82, 2.24) is 0 Å². The van der Waals surface area contributed by atoms with Crippen LogP contribution >= 0.6 is 11.6 Å². The number of alkyl halides is 1. The van der Waals surface area contributed by atoms with Crippen LogP contribution in [0.4, 0.5) is 4.39 Å². The maximum absolute atomic E-state index is 12.8. The van der Waals surface area contributed by atoms with Gasteiger partial charge in [0.2, 0.25) is 0 Å². The summed E-state index contributed by atoms with van der Waals surface area (Å²) in [6.45, 7) is 2.16. The predicted octanol–water partition coefficient (Wildman–Crippen LogP) is 3.67. The minimum absolute atomic E-state index is 0.201. The first-order chi connectivity index (χ1) is 9.26. The van der Waals surface area contributed by atoms with Crippen LogP contribution in [0.25, 0.3) is 0 Å². The number of hydrogen-bond acceptors (Lipinski definition) is 2. The van der Waals surface area contributed by atoms with Crippen molar-refractivity contribution in [2.75, 3.05) is 32.8 Å². The molecule has 0 fully saturated rings. The average Bonchev–Trinajstić information content (AvgIpc) is 2.43. The Morgan fingerprint density at radius 3 is 2.53 bits per heavy atom. The normalized spacial score (nSPS) is 12.6. The molecular formula is C15H22ClFO2. The summed E-state index contributed by atoms with van der Waals surface area (Å²) in [5.74, 6) is 0.765. The highest BCUT2D eigenvalue weighted by atomic mass is 35.5.